The highest BCUT2D eigenvalue weighted by Gasteiger charge is 2.24. The number of carbonyl (C=O) groups is 1. The zero-order chi connectivity index (χ0) is 19.9. The largest absolute Gasteiger partial charge is 0.491 e. The Kier molecular flexibility index (Phi) is 7.06. The van der Waals surface area contributed by atoms with Gasteiger partial charge in [0.15, 0.2) is 0 Å². The molecule has 3 rings (SSSR count). The van der Waals surface area contributed by atoms with Crippen molar-refractivity contribution in [1.29, 1.82) is 0 Å². The van der Waals surface area contributed by atoms with Crippen molar-refractivity contribution in [3.05, 3.63) is 65.2 Å². The van der Waals surface area contributed by atoms with Crippen LogP contribution in [0.15, 0.2) is 48.5 Å². The Hall–Kier alpha value is -2.37. The minimum absolute atomic E-state index is 0.000451. The van der Waals surface area contributed by atoms with Gasteiger partial charge in [0, 0.05) is 13.0 Å². The summed E-state index contributed by atoms with van der Waals surface area (Å²) in [5.41, 5.74) is 9.69. The van der Waals surface area contributed by atoms with Crippen molar-refractivity contribution in [2.45, 2.75) is 51.4 Å². The number of para-hydroxylation sites is 1. The fourth-order valence-electron chi connectivity index (χ4n) is 3.82. The Morgan fingerprint density at radius 2 is 2.00 bits per heavy atom. The molecule has 0 saturated carbocycles. The van der Waals surface area contributed by atoms with E-state index in [1.54, 1.807) is 0 Å². The molecule has 0 radical (unpaired) electrons. The van der Waals surface area contributed by atoms with Crippen molar-refractivity contribution in [3.8, 4) is 5.75 Å². The SMILES string of the molecule is CC(=O)OCc1ccc2c(c1)CC(C[C@H](O)COc1ccccc1)CCC2N. The molecule has 5 heteroatoms. The van der Waals surface area contributed by atoms with Crippen LogP contribution in [-0.4, -0.2) is 23.8 Å². The monoisotopic (exact) mass is 383 g/mol. The molecule has 2 aromatic rings. The molecule has 0 bridgehead atoms. The molecule has 28 heavy (non-hydrogen) atoms. The molecular weight excluding hydrogens is 354 g/mol. The topological polar surface area (TPSA) is 81.8 Å². The van der Waals surface area contributed by atoms with E-state index in [4.69, 9.17) is 15.2 Å². The lowest BCUT2D eigenvalue weighted by Gasteiger charge is -2.19. The normalized spacial score (nSPS) is 20.0. The number of benzene rings is 2. The quantitative estimate of drug-likeness (QED) is 0.565. The van der Waals surface area contributed by atoms with Crippen molar-refractivity contribution >= 4 is 5.97 Å². The standard InChI is InChI=1S/C23H29NO4/c1-16(25)27-14-18-7-9-22-19(12-18)11-17(8-10-23(22)24)13-20(26)15-28-21-5-3-2-4-6-21/h2-7,9,12,17,20,23,26H,8,10-11,13-15,24H2,1H3/t17?,20-,23?/m0/s1. The van der Waals surface area contributed by atoms with Gasteiger partial charge in [0.2, 0.25) is 0 Å². The van der Waals surface area contributed by atoms with Crippen LogP contribution in [0.1, 0.15) is 48.9 Å². The highest BCUT2D eigenvalue weighted by atomic mass is 16.5. The number of fused-ring (bicyclic) bond motifs is 1. The van der Waals surface area contributed by atoms with E-state index in [9.17, 15) is 9.90 Å². The second-order valence-corrected chi connectivity index (χ2v) is 7.58. The number of esters is 1. The maximum Gasteiger partial charge on any atom is 0.302 e. The Balaban J connectivity index is 1.61. The van der Waals surface area contributed by atoms with Gasteiger partial charge in [0.05, 0.1) is 6.10 Å². The van der Waals surface area contributed by atoms with Crippen LogP contribution in [0.25, 0.3) is 0 Å². The van der Waals surface area contributed by atoms with Crippen molar-refractivity contribution in [2.24, 2.45) is 11.7 Å². The highest BCUT2D eigenvalue weighted by Crippen LogP contribution is 2.33. The molecule has 0 aromatic heterocycles. The molecule has 0 amide bonds. The van der Waals surface area contributed by atoms with Gasteiger partial charge in [-0.05, 0) is 60.4 Å². The first-order valence-corrected chi connectivity index (χ1v) is 9.88. The molecule has 0 saturated heterocycles. The highest BCUT2D eigenvalue weighted by molar-refractivity contribution is 5.65. The van der Waals surface area contributed by atoms with E-state index in [0.29, 0.717) is 12.3 Å². The van der Waals surface area contributed by atoms with Crippen molar-refractivity contribution in [1.82, 2.24) is 0 Å². The van der Waals surface area contributed by atoms with E-state index in [2.05, 4.69) is 12.1 Å². The minimum Gasteiger partial charge on any atom is -0.491 e. The Bertz CT molecular complexity index is 777. The van der Waals surface area contributed by atoms with Gasteiger partial charge >= 0.3 is 5.97 Å². The maximum absolute atomic E-state index is 11.1. The molecule has 0 fully saturated rings. The third-order valence-corrected chi connectivity index (χ3v) is 5.23. The molecule has 0 spiro atoms. The lowest BCUT2D eigenvalue weighted by atomic mass is 9.91. The van der Waals surface area contributed by atoms with Crippen molar-refractivity contribution in [3.63, 3.8) is 0 Å². The Morgan fingerprint density at radius 1 is 1.21 bits per heavy atom. The predicted octanol–water partition coefficient (Wildman–Crippen LogP) is 3.53. The van der Waals surface area contributed by atoms with Gasteiger partial charge in [-0.15, -0.1) is 0 Å². The molecule has 150 valence electrons. The number of rotatable bonds is 7. The van der Waals surface area contributed by atoms with Crippen LogP contribution in [0.4, 0.5) is 0 Å². The average molecular weight is 383 g/mol. The van der Waals surface area contributed by atoms with E-state index in [1.165, 1.54) is 12.5 Å². The van der Waals surface area contributed by atoms with Gasteiger partial charge in [-0.3, -0.25) is 4.79 Å². The van der Waals surface area contributed by atoms with Crippen molar-refractivity contribution in [2.75, 3.05) is 6.61 Å². The summed E-state index contributed by atoms with van der Waals surface area (Å²) >= 11 is 0. The first-order chi connectivity index (χ1) is 13.5. The molecule has 0 aliphatic heterocycles. The summed E-state index contributed by atoms with van der Waals surface area (Å²) in [5, 5.41) is 10.5. The number of aliphatic hydroxyl groups excluding tert-OH is 1. The summed E-state index contributed by atoms with van der Waals surface area (Å²) in [5.74, 6) is 0.821. The molecule has 2 unspecified atom stereocenters. The minimum atomic E-state index is -0.521. The van der Waals surface area contributed by atoms with E-state index < -0.39 is 6.10 Å². The zero-order valence-electron chi connectivity index (χ0n) is 16.3. The summed E-state index contributed by atoms with van der Waals surface area (Å²) < 4.78 is 10.8. The summed E-state index contributed by atoms with van der Waals surface area (Å²) in [6, 6.07) is 15.7. The lowest BCUT2D eigenvalue weighted by Crippen LogP contribution is -2.22. The molecule has 3 N–H and O–H groups in total. The van der Waals surface area contributed by atoms with Gasteiger partial charge in [-0.25, -0.2) is 0 Å². The zero-order valence-corrected chi connectivity index (χ0v) is 16.3. The van der Waals surface area contributed by atoms with Gasteiger partial charge in [-0.2, -0.15) is 0 Å². The molecule has 0 heterocycles. The van der Waals surface area contributed by atoms with Gasteiger partial charge in [-0.1, -0.05) is 36.4 Å². The van der Waals surface area contributed by atoms with Gasteiger partial charge in [0.25, 0.3) is 0 Å². The second kappa shape index (κ2) is 9.71. The first kappa shape index (κ1) is 20.4. The fourth-order valence-corrected chi connectivity index (χ4v) is 3.82. The van der Waals surface area contributed by atoms with E-state index in [1.807, 2.05) is 36.4 Å². The number of hydrogen-bond donors (Lipinski definition) is 2. The van der Waals surface area contributed by atoms with Crippen LogP contribution >= 0.6 is 0 Å². The Morgan fingerprint density at radius 3 is 2.75 bits per heavy atom. The second-order valence-electron chi connectivity index (χ2n) is 7.58. The number of ether oxygens (including phenoxy) is 2. The molecular formula is C23H29NO4. The van der Waals surface area contributed by atoms with E-state index in [0.717, 1.165) is 36.1 Å². The number of hydrogen-bond acceptors (Lipinski definition) is 5. The predicted molar refractivity (Wildman–Crippen MR) is 108 cm³/mol. The third kappa shape index (κ3) is 5.81. The molecule has 1 aliphatic rings. The van der Waals surface area contributed by atoms with Gasteiger partial charge in [0.1, 0.15) is 19.0 Å². The van der Waals surface area contributed by atoms with Crippen LogP contribution in [-0.2, 0) is 22.6 Å². The van der Waals surface area contributed by atoms with Crippen LogP contribution in [0.5, 0.6) is 5.75 Å². The smallest absolute Gasteiger partial charge is 0.302 e. The third-order valence-electron chi connectivity index (χ3n) is 5.23. The van der Waals surface area contributed by atoms with Crippen molar-refractivity contribution < 1.29 is 19.4 Å². The number of carbonyl (C=O) groups excluding carboxylic acids is 1. The van der Waals surface area contributed by atoms with Crippen LogP contribution in [0.3, 0.4) is 0 Å². The Labute approximate surface area is 166 Å². The molecule has 2 aromatic carbocycles. The number of nitrogens with two attached hydrogens (primary N) is 1. The van der Waals surface area contributed by atoms with E-state index in [-0.39, 0.29) is 25.2 Å². The summed E-state index contributed by atoms with van der Waals surface area (Å²) in [6.07, 6.45) is 2.88. The lowest BCUT2D eigenvalue weighted by molar-refractivity contribution is -0.142. The first-order valence-electron chi connectivity index (χ1n) is 9.88. The molecule has 3 atom stereocenters. The molecule has 5 nitrogen and oxygen atoms in total. The molecule has 1 aliphatic carbocycles. The van der Waals surface area contributed by atoms with Crippen LogP contribution in [0, 0.1) is 5.92 Å². The summed E-state index contributed by atoms with van der Waals surface area (Å²) in [7, 11) is 0. The summed E-state index contributed by atoms with van der Waals surface area (Å²) in [4.78, 5) is 11.1. The number of aliphatic hydroxyl groups is 1. The van der Waals surface area contributed by atoms with Crippen LogP contribution < -0.4 is 10.5 Å². The van der Waals surface area contributed by atoms with E-state index >= 15 is 0 Å². The maximum atomic E-state index is 11.1. The van der Waals surface area contributed by atoms with Gasteiger partial charge < -0.3 is 20.3 Å². The summed E-state index contributed by atoms with van der Waals surface area (Å²) in [6.45, 7) is 1.97. The fraction of sp³-hybridized carbons (Fsp3) is 0.435. The average Bonchev–Trinajstić information content (AvgIpc) is 2.84. The van der Waals surface area contributed by atoms with Crippen LogP contribution in [0.2, 0.25) is 0 Å².